The minimum Gasteiger partial charge on any atom is -0.462 e. The Balaban J connectivity index is 1.68. The van der Waals surface area contributed by atoms with Crippen molar-refractivity contribution in [1.29, 1.82) is 0 Å². The van der Waals surface area contributed by atoms with Crippen LogP contribution >= 0.6 is 0 Å². The van der Waals surface area contributed by atoms with E-state index in [4.69, 9.17) is 18.6 Å². The van der Waals surface area contributed by atoms with Crippen molar-refractivity contribution in [2.75, 3.05) is 7.11 Å². The third-order valence-electron chi connectivity index (χ3n) is 6.07. The highest BCUT2D eigenvalue weighted by Crippen LogP contribution is 2.44. The van der Waals surface area contributed by atoms with Crippen LogP contribution in [0.25, 0.3) is 11.0 Å². The summed E-state index contributed by atoms with van der Waals surface area (Å²) in [6.45, 7) is 3.63. The first-order chi connectivity index (χ1) is 13.4. The summed E-state index contributed by atoms with van der Waals surface area (Å²) in [5, 5.41) is 22.0. The maximum absolute atomic E-state index is 11.8. The van der Waals surface area contributed by atoms with E-state index in [-0.39, 0.29) is 0 Å². The molecule has 0 radical (unpaired) electrons. The van der Waals surface area contributed by atoms with Gasteiger partial charge in [-0.25, -0.2) is 4.79 Å². The van der Waals surface area contributed by atoms with E-state index in [1.165, 1.54) is 13.2 Å². The van der Waals surface area contributed by atoms with Gasteiger partial charge in [0.1, 0.15) is 35.2 Å². The number of aliphatic hydroxyl groups excluding tert-OH is 2. The average molecular weight is 390 g/mol. The lowest BCUT2D eigenvalue weighted by molar-refractivity contribution is -0.314. The molecule has 1 saturated heterocycles. The number of hydrogen-bond acceptors (Lipinski definition) is 7. The van der Waals surface area contributed by atoms with E-state index in [2.05, 4.69) is 0 Å². The molecule has 2 aliphatic rings. The Bertz CT molecular complexity index is 928. The van der Waals surface area contributed by atoms with E-state index in [9.17, 15) is 15.0 Å². The van der Waals surface area contributed by atoms with Gasteiger partial charge < -0.3 is 28.8 Å². The summed E-state index contributed by atoms with van der Waals surface area (Å²) in [4.78, 5) is 11.8. The summed E-state index contributed by atoms with van der Waals surface area (Å²) >= 11 is 0. The molecule has 1 aliphatic heterocycles. The smallest absolute Gasteiger partial charge is 0.336 e. The zero-order valence-electron chi connectivity index (χ0n) is 16.3. The quantitative estimate of drug-likeness (QED) is 0.775. The topological polar surface area (TPSA) is 98.4 Å². The van der Waals surface area contributed by atoms with Crippen molar-refractivity contribution in [3.05, 3.63) is 39.7 Å². The normalized spacial score (nSPS) is 29.5. The first-order valence-corrected chi connectivity index (χ1v) is 9.64. The molecule has 1 spiro atoms. The fourth-order valence-electron chi connectivity index (χ4n) is 4.60. The Labute approximate surface area is 162 Å². The maximum atomic E-state index is 11.8. The van der Waals surface area contributed by atoms with Crippen molar-refractivity contribution in [3.63, 3.8) is 0 Å². The Morgan fingerprint density at radius 2 is 1.86 bits per heavy atom. The summed E-state index contributed by atoms with van der Waals surface area (Å²) in [5.74, 6) is 0.432. The molecule has 0 bridgehead atoms. The van der Waals surface area contributed by atoms with Crippen LogP contribution in [0.4, 0.5) is 0 Å². The van der Waals surface area contributed by atoms with Crippen LogP contribution < -0.4 is 10.4 Å². The number of ether oxygens (including phenoxy) is 3. The second-order valence-electron chi connectivity index (χ2n) is 7.83. The summed E-state index contributed by atoms with van der Waals surface area (Å²) in [7, 11) is 1.52. The van der Waals surface area contributed by atoms with Crippen molar-refractivity contribution in [2.24, 2.45) is 0 Å². The van der Waals surface area contributed by atoms with Gasteiger partial charge in [-0.1, -0.05) is 12.8 Å². The predicted octanol–water partition coefficient (Wildman–Crippen LogP) is 2.19. The van der Waals surface area contributed by atoms with Gasteiger partial charge in [0, 0.05) is 24.1 Å². The number of fused-ring (bicyclic) bond motifs is 1. The fraction of sp³-hybridized carbons (Fsp3) is 0.571. The minimum absolute atomic E-state index is 0.428. The largest absolute Gasteiger partial charge is 0.462 e. The van der Waals surface area contributed by atoms with Gasteiger partial charge in [-0.15, -0.1) is 0 Å². The number of rotatable bonds is 3. The highest BCUT2D eigenvalue weighted by Gasteiger charge is 2.56. The first-order valence-electron chi connectivity index (χ1n) is 9.64. The van der Waals surface area contributed by atoms with Gasteiger partial charge in [0.15, 0.2) is 0 Å². The third kappa shape index (κ3) is 3.03. The van der Waals surface area contributed by atoms with Gasteiger partial charge in [0.05, 0.1) is 0 Å². The highest BCUT2D eigenvalue weighted by atomic mass is 16.7. The Morgan fingerprint density at radius 1 is 1.14 bits per heavy atom. The Morgan fingerprint density at radius 3 is 2.54 bits per heavy atom. The summed E-state index contributed by atoms with van der Waals surface area (Å²) in [5.41, 5.74) is 0.795. The van der Waals surface area contributed by atoms with E-state index >= 15 is 0 Å². The molecule has 1 aliphatic carbocycles. The lowest BCUT2D eigenvalue weighted by Gasteiger charge is -2.48. The molecule has 7 nitrogen and oxygen atoms in total. The molecule has 2 fully saturated rings. The zero-order valence-corrected chi connectivity index (χ0v) is 16.3. The van der Waals surface area contributed by atoms with Crippen LogP contribution in [0.1, 0.15) is 36.8 Å². The Kier molecular flexibility index (Phi) is 4.95. The van der Waals surface area contributed by atoms with Crippen LogP contribution in [0.2, 0.25) is 0 Å². The maximum Gasteiger partial charge on any atom is 0.336 e. The highest BCUT2D eigenvalue weighted by molar-refractivity contribution is 5.84. The lowest BCUT2D eigenvalue weighted by Crippen LogP contribution is -2.65. The number of aryl methyl sites for hydroxylation is 2. The number of hydrogen-bond donors (Lipinski definition) is 2. The van der Waals surface area contributed by atoms with E-state index in [1.54, 1.807) is 13.0 Å². The van der Waals surface area contributed by atoms with Gasteiger partial charge in [0.25, 0.3) is 0 Å². The van der Waals surface area contributed by atoms with Crippen LogP contribution in [-0.2, 0) is 9.47 Å². The predicted molar refractivity (Wildman–Crippen MR) is 101 cm³/mol. The molecule has 1 aromatic carbocycles. The van der Waals surface area contributed by atoms with Crippen molar-refractivity contribution in [2.45, 2.75) is 69.7 Å². The summed E-state index contributed by atoms with van der Waals surface area (Å²) in [6.07, 6.45) is -0.641. The van der Waals surface area contributed by atoms with Gasteiger partial charge in [-0.05, 0) is 44.4 Å². The van der Waals surface area contributed by atoms with Crippen LogP contribution in [0, 0.1) is 13.8 Å². The molecule has 4 atom stereocenters. The fourth-order valence-corrected chi connectivity index (χ4v) is 4.60. The van der Waals surface area contributed by atoms with E-state index in [0.29, 0.717) is 16.9 Å². The van der Waals surface area contributed by atoms with Gasteiger partial charge in [-0.3, -0.25) is 0 Å². The molecule has 0 amide bonds. The molecule has 2 aromatic rings. The lowest BCUT2D eigenvalue weighted by atomic mass is 9.85. The standard InChI is InChI=1S/C21H26O7/c1-11-10-15(22)27-18-12(2)14(7-6-13(11)18)26-20-17(24)16(23)19(25-3)21(28-20)8-4-5-9-21/h6-7,10,16-17,19-20,23-24H,4-5,8-9H2,1-3H3/t16-,17+,19+,20+/m0/s1. The number of aliphatic hydroxyl groups is 2. The van der Waals surface area contributed by atoms with Crippen molar-refractivity contribution >= 4 is 11.0 Å². The molecule has 28 heavy (non-hydrogen) atoms. The van der Waals surface area contributed by atoms with Crippen LogP contribution in [0.15, 0.2) is 27.4 Å². The SMILES string of the molecule is CO[C@@H]1[C@@H](O)[C@@H](O)[C@H](Oc2ccc3c(C)cc(=O)oc3c2C)OC12CCCC2. The van der Waals surface area contributed by atoms with Gasteiger partial charge in [-0.2, -0.15) is 0 Å². The molecular formula is C21H26O7. The van der Waals surface area contributed by atoms with Gasteiger partial charge in [0.2, 0.25) is 6.29 Å². The van der Waals surface area contributed by atoms with Crippen molar-refractivity contribution in [1.82, 2.24) is 0 Å². The van der Waals surface area contributed by atoms with E-state index < -0.39 is 35.8 Å². The second-order valence-corrected chi connectivity index (χ2v) is 7.83. The molecule has 152 valence electrons. The van der Waals surface area contributed by atoms with Crippen molar-refractivity contribution in [3.8, 4) is 5.75 Å². The van der Waals surface area contributed by atoms with Crippen molar-refractivity contribution < 1.29 is 28.8 Å². The molecule has 2 heterocycles. The van der Waals surface area contributed by atoms with E-state index in [0.717, 1.165) is 36.6 Å². The Hall–Kier alpha value is -1.93. The third-order valence-corrected chi connectivity index (χ3v) is 6.07. The first kappa shape index (κ1) is 19.4. The van der Waals surface area contributed by atoms with Crippen LogP contribution in [0.3, 0.4) is 0 Å². The molecule has 7 heteroatoms. The molecule has 4 rings (SSSR count). The molecule has 1 saturated carbocycles. The van der Waals surface area contributed by atoms with E-state index in [1.807, 2.05) is 13.0 Å². The molecule has 1 aromatic heterocycles. The van der Waals surface area contributed by atoms with Crippen LogP contribution in [-0.4, -0.2) is 47.5 Å². The summed E-state index contributed by atoms with van der Waals surface area (Å²) in [6, 6.07) is 5.02. The van der Waals surface area contributed by atoms with Crippen LogP contribution in [0.5, 0.6) is 5.75 Å². The molecular weight excluding hydrogens is 364 g/mol. The zero-order chi connectivity index (χ0) is 20.1. The minimum atomic E-state index is -1.27. The number of benzene rings is 1. The number of methoxy groups -OCH3 is 1. The molecule has 0 unspecified atom stereocenters. The van der Waals surface area contributed by atoms with Gasteiger partial charge >= 0.3 is 5.63 Å². The summed E-state index contributed by atoms with van der Waals surface area (Å²) < 4.78 is 23.0. The monoisotopic (exact) mass is 390 g/mol. The average Bonchev–Trinajstić information content (AvgIpc) is 3.11. The second kappa shape index (κ2) is 7.15. The molecule has 2 N–H and O–H groups in total.